The molecule has 0 spiro atoms. The number of aromatic nitrogens is 3. The van der Waals surface area contributed by atoms with Crippen molar-refractivity contribution in [3.8, 4) is 6.07 Å². The zero-order chi connectivity index (χ0) is 17.8. The lowest BCUT2D eigenvalue weighted by molar-refractivity contribution is 0.195. The van der Waals surface area contributed by atoms with Crippen LogP contribution in [0.1, 0.15) is 41.5 Å². The molecule has 6 heteroatoms. The molecule has 1 fully saturated rings. The van der Waals surface area contributed by atoms with Crippen LogP contribution in [0.3, 0.4) is 0 Å². The van der Waals surface area contributed by atoms with Crippen LogP contribution in [0.4, 0.5) is 0 Å². The summed E-state index contributed by atoms with van der Waals surface area (Å²) < 4.78 is 2.16. The highest BCUT2D eigenvalue weighted by Crippen LogP contribution is 2.27. The first-order chi connectivity index (χ1) is 12.1. The van der Waals surface area contributed by atoms with Crippen LogP contribution < -0.4 is 0 Å². The van der Waals surface area contributed by atoms with E-state index in [0.717, 1.165) is 44.2 Å². The van der Waals surface area contributed by atoms with Crippen LogP contribution in [0, 0.1) is 11.3 Å². The maximum absolute atomic E-state index is 8.91. The van der Waals surface area contributed by atoms with Gasteiger partial charge in [0.25, 0.3) is 0 Å². The molecule has 132 valence electrons. The molecule has 1 aromatic carbocycles. The second-order valence-corrected chi connectivity index (χ2v) is 7.15. The first kappa shape index (κ1) is 17.6. The summed E-state index contributed by atoms with van der Waals surface area (Å²) in [5.41, 5.74) is 1.97. The van der Waals surface area contributed by atoms with Crippen molar-refractivity contribution >= 4 is 0 Å². The number of rotatable bonds is 5. The first-order valence-corrected chi connectivity index (χ1v) is 8.81. The van der Waals surface area contributed by atoms with E-state index in [9.17, 15) is 0 Å². The SMILES string of the molecule is CN(C)Cc1nnc(C2CCCN(Cc3ccc(C#N)cc3)C2)n1C. The zero-order valence-electron chi connectivity index (χ0n) is 15.3. The van der Waals surface area contributed by atoms with Crippen molar-refractivity contribution in [2.24, 2.45) is 7.05 Å². The highest BCUT2D eigenvalue weighted by atomic mass is 15.3. The Bertz CT molecular complexity index is 740. The summed E-state index contributed by atoms with van der Waals surface area (Å²) in [6.45, 7) is 3.85. The van der Waals surface area contributed by atoms with E-state index in [4.69, 9.17) is 5.26 Å². The van der Waals surface area contributed by atoms with Gasteiger partial charge in [-0.15, -0.1) is 10.2 Å². The van der Waals surface area contributed by atoms with Crippen LogP contribution in [0.25, 0.3) is 0 Å². The van der Waals surface area contributed by atoms with E-state index >= 15 is 0 Å². The Balaban J connectivity index is 1.66. The summed E-state index contributed by atoms with van der Waals surface area (Å²) in [6.07, 6.45) is 2.34. The lowest BCUT2D eigenvalue weighted by atomic mass is 9.96. The topological polar surface area (TPSA) is 61.0 Å². The molecule has 0 aliphatic carbocycles. The molecule has 6 nitrogen and oxygen atoms in total. The molecule has 0 amide bonds. The Morgan fingerprint density at radius 2 is 2.00 bits per heavy atom. The van der Waals surface area contributed by atoms with Gasteiger partial charge < -0.3 is 9.47 Å². The van der Waals surface area contributed by atoms with Gasteiger partial charge in [0.1, 0.15) is 11.6 Å². The summed E-state index contributed by atoms with van der Waals surface area (Å²) in [6, 6.07) is 10.1. The zero-order valence-corrected chi connectivity index (χ0v) is 15.3. The van der Waals surface area contributed by atoms with E-state index in [2.05, 4.69) is 49.8 Å². The summed E-state index contributed by atoms with van der Waals surface area (Å²) >= 11 is 0. The molecule has 25 heavy (non-hydrogen) atoms. The van der Waals surface area contributed by atoms with Crippen LogP contribution in [0.2, 0.25) is 0 Å². The predicted octanol–water partition coefficient (Wildman–Crippen LogP) is 2.13. The Morgan fingerprint density at radius 1 is 1.24 bits per heavy atom. The number of piperidine rings is 1. The number of likely N-dealkylation sites (tertiary alicyclic amines) is 1. The number of hydrogen-bond donors (Lipinski definition) is 0. The van der Waals surface area contributed by atoms with Gasteiger partial charge in [-0.1, -0.05) is 12.1 Å². The minimum atomic E-state index is 0.431. The smallest absolute Gasteiger partial charge is 0.146 e. The molecule has 1 unspecified atom stereocenters. The van der Waals surface area contributed by atoms with Crippen molar-refractivity contribution < 1.29 is 0 Å². The van der Waals surface area contributed by atoms with Crippen LogP contribution in [0.5, 0.6) is 0 Å². The summed E-state index contributed by atoms with van der Waals surface area (Å²) in [5, 5.41) is 17.8. The second-order valence-electron chi connectivity index (χ2n) is 7.15. The molecular weight excluding hydrogens is 312 g/mol. The molecule has 1 aliphatic rings. The monoisotopic (exact) mass is 338 g/mol. The first-order valence-electron chi connectivity index (χ1n) is 8.81. The van der Waals surface area contributed by atoms with Gasteiger partial charge in [0.15, 0.2) is 0 Å². The van der Waals surface area contributed by atoms with Gasteiger partial charge in [0, 0.05) is 26.1 Å². The molecule has 2 heterocycles. The number of benzene rings is 1. The molecular formula is C19H26N6. The fourth-order valence-electron chi connectivity index (χ4n) is 3.50. The third-order valence-corrected chi connectivity index (χ3v) is 4.82. The quantitative estimate of drug-likeness (QED) is 0.836. The fourth-order valence-corrected chi connectivity index (χ4v) is 3.50. The number of nitrogens with zero attached hydrogens (tertiary/aromatic N) is 6. The highest BCUT2D eigenvalue weighted by Gasteiger charge is 2.26. The van der Waals surface area contributed by atoms with Crippen molar-refractivity contribution in [2.45, 2.75) is 31.8 Å². The van der Waals surface area contributed by atoms with E-state index in [0.29, 0.717) is 11.5 Å². The predicted molar refractivity (Wildman–Crippen MR) is 96.8 cm³/mol. The maximum Gasteiger partial charge on any atom is 0.146 e. The van der Waals surface area contributed by atoms with Gasteiger partial charge >= 0.3 is 0 Å². The van der Waals surface area contributed by atoms with Crippen LogP contribution in [0.15, 0.2) is 24.3 Å². The van der Waals surface area contributed by atoms with Crippen molar-refractivity contribution in [2.75, 3.05) is 27.2 Å². The van der Waals surface area contributed by atoms with Crippen LogP contribution in [-0.4, -0.2) is 51.7 Å². The average molecular weight is 338 g/mol. The molecule has 0 bridgehead atoms. The van der Waals surface area contributed by atoms with Gasteiger partial charge in [-0.25, -0.2) is 0 Å². The minimum absolute atomic E-state index is 0.431. The van der Waals surface area contributed by atoms with E-state index in [-0.39, 0.29) is 0 Å². The van der Waals surface area contributed by atoms with Gasteiger partial charge in [0.2, 0.25) is 0 Å². The molecule has 0 N–H and O–H groups in total. The molecule has 1 atom stereocenters. The molecule has 0 radical (unpaired) electrons. The minimum Gasteiger partial charge on any atom is -0.317 e. The van der Waals surface area contributed by atoms with Gasteiger partial charge in [-0.3, -0.25) is 4.90 Å². The fraction of sp³-hybridized carbons (Fsp3) is 0.526. The maximum atomic E-state index is 8.91. The van der Waals surface area contributed by atoms with Gasteiger partial charge in [-0.2, -0.15) is 5.26 Å². The summed E-state index contributed by atoms with van der Waals surface area (Å²) in [4.78, 5) is 4.60. The van der Waals surface area contributed by atoms with E-state index < -0.39 is 0 Å². The van der Waals surface area contributed by atoms with Crippen molar-refractivity contribution in [3.63, 3.8) is 0 Å². The molecule has 1 saturated heterocycles. The van der Waals surface area contributed by atoms with Crippen molar-refractivity contribution in [1.29, 1.82) is 5.26 Å². The molecule has 1 aliphatic heterocycles. The van der Waals surface area contributed by atoms with E-state index in [1.54, 1.807) is 0 Å². The molecule has 0 saturated carbocycles. The number of hydrogen-bond acceptors (Lipinski definition) is 5. The second kappa shape index (κ2) is 7.77. The lowest BCUT2D eigenvalue weighted by Gasteiger charge is -2.32. The van der Waals surface area contributed by atoms with E-state index in [1.165, 1.54) is 12.0 Å². The van der Waals surface area contributed by atoms with Gasteiger partial charge in [-0.05, 0) is 51.2 Å². The Morgan fingerprint density at radius 3 is 2.68 bits per heavy atom. The molecule has 3 rings (SSSR count). The third kappa shape index (κ3) is 4.25. The molecule has 1 aromatic heterocycles. The van der Waals surface area contributed by atoms with Crippen molar-refractivity contribution in [1.82, 2.24) is 24.6 Å². The van der Waals surface area contributed by atoms with Gasteiger partial charge in [0.05, 0.1) is 18.2 Å². The lowest BCUT2D eigenvalue weighted by Crippen LogP contribution is -2.34. The number of nitriles is 1. The van der Waals surface area contributed by atoms with Crippen LogP contribution in [-0.2, 0) is 20.1 Å². The average Bonchev–Trinajstić information content (AvgIpc) is 2.96. The van der Waals surface area contributed by atoms with Crippen LogP contribution >= 0.6 is 0 Å². The highest BCUT2D eigenvalue weighted by molar-refractivity contribution is 5.31. The Hall–Kier alpha value is -2.23. The Labute approximate surface area is 149 Å². The normalized spacial score (nSPS) is 18.4. The summed E-state index contributed by atoms with van der Waals surface area (Å²) in [5.74, 6) is 2.55. The largest absolute Gasteiger partial charge is 0.317 e. The third-order valence-electron chi connectivity index (χ3n) is 4.82. The van der Waals surface area contributed by atoms with Crippen molar-refractivity contribution in [3.05, 3.63) is 47.0 Å². The Kier molecular flexibility index (Phi) is 5.47. The van der Waals surface area contributed by atoms with E-state index in [1.807, 2.05) is 26.2 Å². The summed E-state index contributed by atoms with van der Waals surface area (Å²) in [7, 11) is 6.18. The molecule has 2 aromatic rings. The standard InChI is InChI=1S/C19H26N6/c1-23(2)14-18-21-22-19(24(18)3)17-5-4-10-25(13-17)12-16-8-6-15(11-20)7-9-16/h6-9,17H,4-5,10,12-14H2,1-3H3.